The SMILES string of the molecule is CC1Cc2ccccc2N(C(=O)CC2(N)CCC2)C1. The molecule has 3 heteroatoms. The van der Waals surface area contributed by atoms with Crippen LogP contribution in [-0.2, 0) is 11.2 Å². The number of carbonyl (C=O) groups excluding carboxylic acids is 1. The Labute approximate surface area is 114 Å². The maximum atomic E-state index is 12.6. The minimum Gasteiger partial charge on any atom is -0.325 e. The van der Waals surface area contributed by atoms with Crippen LogP contribution < -0.4 is 10.6 Å². The van der Waals surface area contributed by atoms with Crippen LogP contribution in [0.5, 0.6) is 0 Å². The summed E-state index contributed by atoms with van der Waals surface area (Å²) in [5.41, 5.74) is 8.37. The number of para-hydroxylation sites is 1. The minimum absolute atomic E-state index is 0.196. The number of carbonyl (C=O) groups is 1. The minimum atomic E-state index is -0.229. The van der Waals surface area contributed by atoms with E-state index in [0.717, 1.165) is 37.9 Å². The molecular formula is C16H22N2O. The van der Waals surface area contributed by atoms with Gasteiger partial charge < -0.3 is 10.6 Å². The van der Waals surface area contributed by atoms with Gasteiger partial charge in [-0.25, -0.2) is 0 Å². The Hall–Kier alpha value is -1.35. The van der Waals surface area contributed by atoms with E-state index in [2.05, 4.69) is 25.1 Å². The largest absolute Gasteiger partial charge is 0.325 e. The monoisotopic (exact) mass is 258 g/mol. The van der Waals surface area contributed by atoms with Gasteiger partial charge >= 0.3 is 0 Å². The van der Waals surface area contributed by atoms with E-state index in [1.54, 1.807) is 0 Å². The molecule has 0 aromatic heterocycles. The van der Waals surface area contributed by atoms with Gasteiger partial charge in [-0.3, -0.25) is 4.79 Å². The summed E-state index contributed by atoms with van der Waals surface area (Å²) >= 11 is 0. The Balaban J connectivity index is 1.82. The van der Waals surface area contributed by atoms with E-state index in [1.807, 2.05) is 11.0 Å². The smallest absolute Gasteiger partial charge is 0.228 e. The Bertz CT molecular complexity index is 493. The highest BCUT2D eigenvalue weighted by Crippen LogP contribution is 2.35. The highest BCUT2D eigenvalue weighted by Gasteiger charge is 2.37. The molecule has 1 saturated carbocycles. The van der Waals surface area contributed by atoms with Crippen molar-refractivity contribution >= 4 is 11.6 Å². The van der Waals surface area contributed by atoms with Crippen LogP contribution in [0.15, 0.2) is 24.3 Å². The standard InChI is InChI=1S/C16H22N2O/c1-12-9-13-5-2-3-6-14(13)18(11-12)15(19)10-16(17)7-4-8-16/h2-3,5-6,12H,4,7-11,17H2,1H3. The fourth-order valence-electron chi connectivity index (χ4n) is 3.24. The predicted molar refractivity (Wildman–Crippen MR) is 77.0 cm³/mol. The molecular weight excluding hydrogens is 236 g/mol. The molecule has 2 aliphatic rings. The van der Waals surface area contributed by atoms with Crippen molar-refractivity contribution in [3.8, 4) is 0 Å². The number of amides is 1. The molecule has 3 rings (SSSR count). The maximum Gasteiger partial charge on any atom is 0.228 e. The third-order valence-electron chi connectivity index (χ3n) is 4.50. The summed E-state index contributed by atoms with van der Waals surface area (Å²) < 4.78 is 0. The van der Waals surface area contributed by atoms with Crippen molar-refractivity contribution in [1.29, 1.82) is 0 Å². The summed E-state index contributed by atoms with van der Waals surface area (Å²) in [5, 5.41) is 0. The van der Waals surface area contributed by atoms with Crippen LogP contribution >= 0.6 is 0 Å². The quantitative estimate of drug-likeness (QED) is 0.886. The zero-order valence-corrected chi connectivity index (χ0v) is 11.6. The van der Waals surface area contributed by atoms with Gasteiger partial charge in [0.1, 0.15) is 0 Å². The third-order valence-corrected chi connectivity index (χ3v) is 4.50. The van der Waals surface area contributed by atoms with Crippen molar-refractivity contribution in [1.82, 2.24) is 0 Å². The zero-order valence-electron chi connectivity index (χ0n) is 11.6. The summed E-state index contributed by atoms with van der Waals surface area (Å²) in [5.74, 6) is 0.718. The molecule has 1 amide bonds. The molecule has 0 saturated heterocycles. The lowest BCUT2D eigenvalue weighted by Gasteiger charge is -2.40. The van der Waals surface area contributed by atoms with Gasteiger partial charge in [-0.1, -0.05) is 25.1 Å². The summed E-state index contributed by atoms with van der Waals surface area (Å²) in [6.07, 6.45) is 4.70. The molecule has 0 spiro atoms. The molecule has 102 valence electrons. The van der Waals surface area contributed by atoms with Gasteiger partial charge in [0.2, 0.25) is 5.91 Å². The Kier molecular flexibility index (Phi) is 3.09. The number of fused-ring (bicyclic) bond motifs is 1. The van der Waals surface area contributed by atoms with Crippen LogP contribution in [0.4, 0.5) is 5.69 Å². The van der Waals surface area contributed by atoms with Gasteiger partial charge in [0.15, 0.2) is 0 Å². The molecule has 1 aromatic rings. The maximum absolute atomic E-state index is 12.6. The Morgan fingerprint density at radius 2 is 2.16 bits per heavy atom. The second-order valence-corrected chi connectivity index (χ2v) is 6.34. The van der Waals surface area contributed by atoms with Crippen molar-refractivity contribution in [2.24, 2.45) is 11.7 Å². The van der Waals surface area contributed by atoms with Crippen molar-refractivity contribution in [2.45, 2.75) is 44.6 Å². The van der Waals surface area contributed by atoms with Gasteiger partial charge in [0.05, 0.1) is 0 Å². The van der Waals surface area contributed by atoms with Gasteiger partial charge in [-0.2, -0.15) is 0 Å². The normalized spacial score (nSPS) is 24.5. The Morgan fingerprint density at radius 3 is 2.84 bits per heavy atom. The topological polar surface area (TPSA) is 46.3 Å². The first-order chi connectivity index (χ1) is 9.07. The lowest BCUT2D eigenvalue weighted by atomic mass is 9.75. The second-order valence-electron chi connectivity index (χ2n) is 6.34. The number of rotatable bonds is 2. The molecule has 1 heterocycles. The number of anilines is 1. The van der Waals surface area contributed by atoms with Crippen molar-refractivity contribution < 1.29 is 4.79 Å². The van der Waals surface area contributed by atoms with E-state index in [4.69, 9.17) is 5.73 Å². The van der Waals surface area contributed by atoms with Gasteiger partial charge in [-0.05, 0) is 43.2 Å². The van der Waals surface area contributed by atoms with Crippen molar-refractivity contribution in [3.63, 3.8) is 0 Å². The second kappa shape index (κ2) is 4.64. The fourth-order valence-corrected chi connectivity index (χ4v) is 3.24. The van der Waals surface area contributed by atoms with Crippen LogP contribution in [0.2, 0.25) is 0 Å². The lowest BCUT2D eigenvalue weighted by Crippen LogP contribution is -2.51. The van der Waals surface area contributed by atoms with Crippen LogP contribution in [-0.4, -0.2) is 18.0 Å². The zero-order chi connectivity index (χ0) is 13.5. The number of hydrogen-bond acceptors (Lipinski definition) is 2. The van der Waals surface area contributed by atoms with Gasteiger partial charge in [0, 0.05) is 24.2 Å². The highest BCUT2D eigenvalue weighted by atomic mass is 16.2. The van der Waals surface area contributed by atoms with Crippen molar-refractivity contribution in [3.05, 3.63) is 29.8 Å². The molecule has 1 aliphatic carbocycles. The van der Waals surface area contributed by atoms with Crippen LogP contribution in [0.25, 0.3) is 0 Å². The van der Waals surface area contributed by atoms with Gasteiger partial charge in [-0.15, -0.1) is 0 Å². The molecule has 19 heavy (non-hydrogen) atoms. The molecule has 1 fully saturated rings. The first-order valence-corrected chi connectivity index (χ1v) is 7.25. The van der Waals surface area contributed by atoms with Crippen LogP contribution in [0.3, 0.4) is 0 Å². The van der Waals surface area contributed by atoms with E-state index in [1.165, 1.54) is 5.56 Å². The van der Waals surface area contributed by atoms with E-state index < -0.39 is 0 Å². The van der Waals surface area contributed by atoms with Crippen molar-refractivity contribution in [2.75, 3.05) is 11.4 Å². The molecule has 0 bridgehead atoms. The first kappa shape index (κ1) is 12.7. The molecule has 3 nitrogen and oxygen atoms in total. The van der Waals surface area contributed by atoms with Crippen LogP contribution in [0, 0.1) is 5.92 Å². The average molecular weight is 258 g/mol. The predicted octanol–water partition coefficient (Wildman–Crippen LogP) is 2.48. The number of nitrogens with zero attached hydrogens (tertiary/aromatic N) is 1. The first-order valence-electron chi connectivity index (χ1n) is 7.25. The highest BCUT2D eigenvalue weighted by molar-refractivity contribution is 5.95. The summed E-state index contributed by atoms with van der Waals surface area (Å²) in [6, 6.07) is 8.25. The van der Waals surface area contributed by atoms with Crippen LogP contribution in [0.1, 0.15) is 38.2 Å². The summed E-state index contributed by atoms with van der Waals surface area (Å²) in [7, 11) is 0. The molecule has 1 atom stereocenters. The number of benzene rings is 1. The van der Waals surface area contributed by atoms with E-state index >= 15 is 0 Å². The third kappa shape index (κ3) is 2.39. The Morgan fingerprint density at radius 1 is 1.42 bits per heavy atom. The molecule has 1 unspecified atom stereocenters. The van der Waals surface area contributed by atoms with E-state index in [0.29, 0.717) is 12.3 Å². The van der Waals surface area contributed by atoms with Gasteiger partial charge in [0.25, 0.3) is 0 Å². The molecule has 1 aromatic carbocycles. The average Bonchev–Trinajstić information content (AvgIpc) is 2.35. The summed E-state index contributed by atoms with van der Waals surface area (Å²) in [4.78, 5) is 14.5. The summed E-state index contributed by atoms with van der Waals surface area (Å²) in [6.45, 7) is 3.03. The number of hydrogen-bond donors (Lipinski definition) is 1. The molecule has 2 N–H and O–H groups in total. The fraction of sp³-hybridized carbons (Fsp3) is 0.562. The molecule has 1 aliphatic heterocycles. The molecule has 0 radical (unpaired) electrons. The van der Waals surface area contributed by atoms with E-state index in [-0.39, 0.29) is 11.4 Å². The van der Waals surface area contributed by atoms with E-state index in [9.17, 15) is 4.79 Å². The lowest BCUT2D eigenvalue weighted by molar-refractivity contribution is -0.120. The number of nitrogens with two attached hydrogens (primary N) is 1.